The van der Waals surface area contributed by atoms with Gasteiger partial charge in [0.2, 0.25) is 11.8 Å². The van der Waals surface area contributed by atoms with Crippen LogP contribution in [0.5, 0.6) is 0 Å². The molecule has 1 aliphatic heterocycles. The van der Waals surface area contributed by atoms with Crippen molar-refractivity contribution in [2.24, 2.45) is 0 Å². The van der Waals surface area contributed by atoms with Crippen LogP contribution in [0.2, 0.25) is 0 Å². The molecule has 2 heterocycles. The molecule has 1 aromatic heterocycles. The Labute approximate surface area is 77.3 Å². The lowest BCUT2D eigenvalue weighted by Crippen LogP contribution is -2.20. The molecule has 0 saturated carbocycles. The average Bonchev–Trinajstić information content (AvgIpc) is 2.72. The Morgan fingerprint density at radius 1 is 1.46 bits per heavy atom. The van der Waals surface area contributed by atoms with E-state index >= 15 is 0 Å². The molecule has 1 fully saturated rings. The summed E-state index contributed by atoms with van der Waals surface area (Å²) < 4.78 is 11.1. The van der Waals surface area contributed by atoms with Gasteiger partial charge in [-0.25, -0.2) is 0 Å². The molecule has 0 spiro atoms. The third-order valence-corrected chi connectivity index (χ3v) is 2.44. The number of hydrogen-bond acceptors (Lipinski definition) is 4. The highest BCUT2D eigenvalue weighted by atomic mass is 16.5. The summed E-state index contributed by atoms with van der Waals surface area (Å²) >= 11 is 0. The molecule has 1 aliphatic rings. The Morgan fingerprint density at radius 2 is 2.31 bits per heavy atom. The number of rotatable bonds is 2. The van der Waals surface area contributed by atoms with E-state index in [1.54, 1.807) is 0 Å². The quantitative estimate of drug-likeness (QED) is 0.697. The van der Waals surface area contributed by atoms with E-state index in [2.05, 4.69) is 10.2 Å². The van der Waals surface area contributed by atoms with E-state index in [1.165, 1.54) is 0 Å². The van der Waals surface area contributed by atoms with Gasteiger partial charge in [0.15, 0.2) is 0 Å². The lowest BCUT2D eigenvalue weighted by Gasteiger charge is -2.17. The van der Waals surface area contributed by atoms with Crippen LogP contribution in [0.3, 0.4) is 0 Å². The van der Waals surface area contributed by atoms with Crippen molar-refractivity contribution in [3.05, 3.63) is 11.8 Å². The highest BCUT2D eigenvalue weighted by molar-refractivity contribution is 4.97. The van der Waals surface area contributed by atoms with Gasteiger partial charge in [-0.1, -0.05) is 6.92 Å². The van der Waals surface area contributed by atoms with E-state index in [0.29, 0.717) is 11.8 Å². The lowest BCUT2D eigenvalue weighted by molar-refractivity contribution is -0.00609. The molecule has 72 valence electrons. The van der Waals surface area contributed by atoms with Crippen molar-refractivity contribution in [1.82, 2.24) is 10.2 Å². The van der Waals surface area contributed by atoms with Crippen molar-refractivity contribution in [3.63, 3.8) is 0 Å². The number of nitrogens with zero attached hydrogens (tertiary/aromatic N) is 2. The van der Waals surface area contributed by atoms with Gasteiger partial charge in [-0.2, -0.15) is 0 Å². The molecule has 0 radical (unpaired) electrons. The molecule has 0 aliphatic carbocycles. The zero-order chi connectivity index (χ0) is 9.31. The highest BCUT2D eigenvalue weighted by Crippen LogP contribution is 2.34. The molecular formula is C9H14N2O2. The zero-order valence-corrected chi connectivity index (χ0v) is 8.04. The molecule has 1 unspecified atom stereocenters. The maximum atomic E-state index is 5.59. The molecule has 0 amide bonds. The topological polar surface area (TPSA) is 48.2 Å². The first-order chi connectivity index (χ1) is 6.24. The second-order valence-electron chi connectivity index (χ2n) is 3.54. The number of aryl methyl sites for hydroxylation is 1. The largest absolute Gasteiger partial charge is 0.422 e. The Hall–Kier alpha value is -0.900. The number of hydrogen-bond donors (Lipinski definition) is 0. The highest BCUT2D eigenvalue weighted by Gasteiger charge is 2.37. The van der Waals surface area contributed by atoms with Crippen LogP contribution >= 0.6 is 0 Å². The molecule has 0 N–H and O–H groups in total. The summed E-state index contributed by atoms with van der Waals surface area (Å²) in [6, 6.07) is 0. The fraction of sp³-hybridized carbons (Fsp3) is 0.778. The minimum atomic E-state index is -0.333. The fourth-order valence-electron chi connectivity index (χ4n) is 1.56. The first-order valence-corrected chi connectivity index (χ1v) is 4.71. The Morgan fingerprint density at radius 3 is 2.85 bits per heavy atom. The van der Waals surface area contributed by atoms with Gasteiger partial charge >= 0.3 is 0 Å². The monoisotopic (exact) mass is 182 g/mol. The molecule has 1 saturated heterocycles. The first kappa shape index (κ1) is 8.69. The third-order valence-electron chi connectivity index (χ3n) is 2.44. The van der Waals surface area contributed by atoms with Gasteiger partial charge in [0.25, 0.3) is 0 Å². The Kier molecular flexibility index (Phi) is 2.07. The Bertz CT molecular complexity index is 290. The minimum Gasteiger partial charge on any atom is -0.422 e. The van der Waals surface area contributed by atoms with Crippen LogP contribution in [0, 0.1) is 0 Å². The van der Waals surface area contributed by atoms with Crippen LogP contribution in [0.25, 0.3) is 0 Å². The van der Waals surface area contributed by atoms with Crippen LogP contribution < -0.4 is 0 Å². The second kappa shape index (κ2) is 3.10. The molecule has 2 rings (SSSR count). The van der Waals surface area contributed by atoms with Gasteiger partial charge in [0.1, 0.15) is 5.60 Å². The van der Waals surface area contributed by atoms with Gasteiger partial charge in [-0.15, -0.1) is 10.2 Å². The van der Waals surface area contributed by atoms with E-state index < -0.39 is 0 Å². The van der Waals surface area contributed by atoms with Crippen LogP contribution in [0.4, 0.5) is 0 Å². The van der Waals surface area contributed by atoms with Gasteiger partial charge in [-0.05, 0) is 19.8 Å². The number of ether oxygens (including phenoxy) is 1. The molecule has 4 nitrogen and oxygen atoms in total. The SMILES string of the molecule is CCc1nnc(C2(C)CCCO2)o1. The van der Waals surface area contributed by atoms with Crippen molar-refractivity contribution in [3.8, 4) is 0 Å². The summed E-state index contributed by atoms with van der Waals surface area (Å²) in [5.41, 5.74) is -0.333. The van der Waals surface area contributed by atoms with Gasteiger partial charge < -0.3 is 9.15 Å². The summed E-state index contributed by atoms with van der Waals surface area (Å²) in [4.78, 5) is 0. The lowest BCUT2D eigenvalue weighted by atomic mass is 10.0. The standard InChI is InChI=1S/C9H14N2O2/c1-3-7-10-11-8(13-7)9(2)5-4-6-12-9/h3-6H2,1-2H3. The molecule has 0 aromatic carbocycles. The van der Waals surface area contributed by atoms with Crippen LogP contribution in [-0.4, -0.2) is 16.8 Å². The van der Waals surface area contributed by atoms with E-state index in [1.807, 2.05) is 13.8 Å². The van der Waals surface area contributed by atoms with Gasteiger partial charge in [0, 0.05) is 13.0 Å². The van der Waals surface area contributed by atoms with Crippen molar-refractivity contribution in [2.75, 3.05) is 6.61 Å². The second-order valence-corrected chi connectivity index (χ2v) is 3.54. The van der Waals surface area contributed by atoms with Crippen molar-refractivity contribution in [2.45, 2.75) is 38.7 Å². The molecule has 1 atom stereocenters. The molecule has 4 heteroatoms. The first-order valence-electron chi connectivity index (χ1n) is 4.71. The van der Waals surface area contributed by atoms with Crippen LogP contribution in [0.15, 0.2) is 4.42 Å². The summed E-state index contributed by atoms with van der Waals surface area (Å²) in [6.45, 7) is 4.79. The predicted molar refractivity (Wildman–Crippen MR) is 46.2 cm³/mol. The predicted octanol–water partition coefficient (Wildman–Crippen LogP) is 1.66. The van der Waals surface area contributed by atoms with Gasteiger partial charge in [-0.3, -0.25) is 0 Å². The summed E-state index contributed by atoms with van der Waals surface area (Å²) in [7, 11) is 0. The zero-order valence-electron chi connectivity index (χ0n) is 8.04. The third kappa shape index (κ3) is 1.46. The molecular weight excluding hydrogens is 168 g/mol. The number of aromatic nitrogens is 2. The summed E-state index contributed by atoms with van der Waals surface area (Å²) in [6.07, 6.45) is 2.82. The van der Waals surface area contributed by atoms with Crippen LogP contribution in [0.1, 0.15) is 38.5 Å². The van der Waals surface area contributed by atoms with Crippen LogP contribution in [-0.2, 0) is 16.8 Å². The molecule has 13 heavy (non-hydrogen) atoms. The van der Waals surface area contributed by atoms with E-state index in [4.69, 9.17) is 9.15 Å². The fourth-order valence-corrected chi connectivity index (χ4v) is 1.56. The normalized spacial score (nSPS) is 28.2. The Balaban J connectivity index is 2.23. The smallest absolute Gasteiger partial charge is 0.247 e. The maximum Gasteiger partial charge on any atom is 0.247 e. The average molecular weight is 182 g/mol. The van der Waals surface area contributed by atoms with Gasteiger partial charge in [0.05, 0.1) is 0 Å². The van der Waals surface area contributed by atoms with E-state index in [9.17, 15) is 0 Å². The minimum absolute atomic E-state index is 0.333. The molecule has 1 aromatic rings. The molecule has 0 bridgehead atoms. The summed E-state index contributed by atoms with van der Waals surface area (Å²) in [5, 5.41) is 7.93. The van der Waals surface area contributed by atoms with Crippen molar-refractivity contribution < 1.29 is 9.15 Å². The maximum absolute atomic E-state index is 5.59. The van der Waals surface area contributed by atoms with Crippen molar-refractivity contribution >= 4 is 0 Å². The van der Waals surface area contributed by atoms with E-state index in [0.717, 1.165) is 25.9 Å². The van der Waals surface area contributed by atoms with Crippen molar-refractivity contribution in [1.29, 1.82) is 0 Å². The van der Waals surface area contributed by atoms with E-state index in [-0.39, 0.29) is 5.60 Å². The summed E-state index contributed by atoms with van der Waals surface area (Å²) in [5.74, 6) is 1.31.